The second-order valence-corrected chi connectivity index (χ2v) is 6.59. The molecular formula is C20H15Cl2FN2O3. The Kier molecular flexibility index (Phi) is 6.11. The molecule has 3 rings (SSSR count). The molecule has 0 saturated heterocycles. The van der Waals surface area contributed by atoms with E-state index in [9.17, 15) is 9.18 Å². The van der Waals surface area contributed by atoms with Crippen molar-refractivity contribution in [1.82, 2.24) is 10.1 Å². The minimum Gasteiger partial charge on any atom is -0.482 e. The lowest BCUT2D eigenvalue weighted by molar-refractivity contribution is 0.103. The average Bonchev–Trinajstić information content (AvgIpc) is 3.17. The lowest BCUT2D eigenvalue weighted by Gasteiger charge is -2.10. The predicted molar refractivity (Wildman–Crippen MR) is 104 cm³/mol. The quantitative estimate of drug-likeness (QED) is 0.351. The van der Waals surface area contributed by atoms with E-state index in [2.05, 4.69) is 16.7 Å². The molecule has 1 aromatic heterocycles. The van der Waals surface area contributed by atoms with Gasteiger partial charge in [0, 0.05) is 11.1 Å². The van der Waals surface area contributed by atoms with Crippen LogP contribution < -0.4 is 4.74 Å². The highest BCUT2D eigenvalue weighted by molar-refractivity contribution is 6.45. The highest BCUT2D eigenvalue weighted by Crippen LogP contribution is 2.36. The topological polar surface area (TPSA) is 65.2 Å². The molecule has 0 aliphatic rings. The molecule has 0 aliphatic heterocycles. The third kappa shape index (κ3) is 4.24. The molecule has 0 spiro atoms. The van der Waals surface area contributed by atoms with E-state index in [1.165, 1.54) is 18.2 Å². The lowest BCUT2D eigenvalue weighted by Crippen LogP contribution is -2.04. The van der Waals surface area contributed by atoms with Gasteiger partial charge in [-0.15, -0.1) is 0 Å². The molecule has 0 atom stereocenters. The first-order chi connectivity index (χ1) is 13.4. The van der Waals surface area contributed by atoms with Crippen LogP contribution in [0.15, 0.2) is 53.1 Å². The first-order valence-corrected chi connectivity index (χ1v) is 9.08. The van der Waals surface area contributed by atoms with Gasteiger partial charge in [0.25, 0.3) is 5.89 Å². The van der Waals surface area contributed by atoms with Gasteiger partial charge in [-0.2, -0.15) is 4.98 Å². The molecule has 28 heavy (non-hydrogen) atoms. The Hall–Kier alpha value is -2.70. The fourth-order valence-electron chi connectivity index (χ4n) is 2.34. The summed E-state index contributed by atoms with van der Waals surface area (Å²) in [7, 11) is 0. The van der Waals surface area contributed by atoms with Crippen LogP contribution in [0.3, 0.4) is 0 Å². The smallest absolute Gasteiger partial charge is 0.264 e. The number of benzene rings is 2. The Morgan fingerprint density at radius 2 is 1.89 bits per heavy atom. The van der Waals surface area contributed by atoms with Crippen LogP contribution in [0.4, 0.5) is 4.39 Å². The number of ketones is 1. The molecule has 1 heterocycles. The summed E-state index contributed by atoms with van der Waals surface area (Å²) in [4.78, 5) is 16.4. The lowest BCUT2D eigenvalue weighted by atomic mass is 10.0. The van der Waals surface area contributed by atoms with Crippen molar-refractivity contribution in [3.63, 3.8) is 0 Å². The van der Waals surface area contributed by atoms with Crippen molar-refractivity contribution in [2.45, 2.75) is 20.0 Å². The van der Waals surface area contributed by atoms with Gasteiger partial charge in [0.05, 0.1) is 5.02 Å². The summed E-state index contributed by atoms with van der Waals surface area (Å²) in [5, 5.41) is 4.03. The molecule has 8 heteroatoms. The first kappa shape index (κ1) is 20.0. The molecule has 0 N–H and O–H groups in total. The van der Waals surface area contributed by atoms with Crippen molar-refractivity contribution in [3.8, 4) is 17.1 Å². The molecule has 0 fully saturated rings. The molecule has 0 bridgehead atoms. The highest BCUT2D eigenvalue weighted by Gasteiger charge is 2.18. The van der Waals surface area contributed by atoms with E-state index in [0.29, 0.717) is 23.4 Å². The van der Waals surface area contributed by atoms with Crippen LogP contribution in [0.2, 0.25) is 10.0 Å². The number of nitrogens with zero attached hydrogens (tertiary/aromatic N) is 2. The van der Waals surface area contributed by atoms with E-state index in [4.69, 9.17) is 32.5 Å². The van der Waals surface area contributed by atoms with Gasteiger partial charge in [-0.1, -0.05) is 41.9 Å². The van der Waals surface area contributed by atoms with Gasteiger partial charge in [-0.3, -0.25) is 4.79 Å². The van der Waals surface area contributed by atoms with Gasteiger partial charge in [0.2, 0.25) is 5.82 Å². The minimum atomic E-state index is -0.355. The zero-order chi connectivity index (χ0) is 20.3. The van der Waals surface area contributed by atoms with E-state index in [1.807, 2.05) is 6.92 Å². The van der Waals surface area contributed by atoms with Crippen LogP contribution in [0.1, 0.15) is 29.6 Å². The Balaban J connectivity index is 1.73. The maximum atomic E-state index is 13.0. The molecule has 5 nitrogen and oxygen atoms in total. The molecular weight excluding hydrogens is 406 g/mol. The van der Waals surface area contributed by atoms with Crippen LogP contribution in [0, 0.1) is 5.82 Å². The molecule has 3 aromatic rings. The molecule has 0 amide bonds. The van der Waals surface area contributed by atoms with E-state index in [1.54, 1.807) is 18.2 Å². The number of carbonyl (C=O) groups is 1. The zero-order valence-electron chi connectivity index (χ0n) is 14.8. The van der Waals surface area contributed by atoms with Gasteiger partial charge in [0.15, 0.2) is 12.4 Å². The number of Topliss-reactive ketones (excluding diaryl/α,β-unsaturated/α-hetero) is 1. The summed E-state index contributed by atoms with van der Waals surface area (Å²) in [5.41, 5.74) is 1.31. The third-order valence-electron chi connectivity index (χ3n) is 3.96. The maximum absolute atomic E-state index is 13.0. The van der Waals surface area contributed by atoms with Crippen LogP contribution in [-0.2, 0) is 6.61 Å². The number of ether oxygens (including phenoxy) is 1. The van der Waals surface area contributed by atoms with Crippen molar-refractivity contribution >= 4 is 29.0 Å². The standard InChI is InChI=1S/C20H15Cl2FN2O3/c1-3-11(2)19(26)14-8-9-15(18(22)17(14)21)27-10-16-24-20(25-28-16)12-4-6-13(23)7-5-12/h4-9H,2-3,10H2,1H3. The van der Waals surface area contributed by atoms with Gasteiger partial charge in [-0.25, -0.2) is 4.39 Å². The maximum Gasteiger partial charge on any atom is 0.264 e. The molecule has 0 radical (unpaired) electrons. The number of aromatic nitrogens is 2. The largest absolute Gasteiger partial charge is 0.482 e. The second kappa shape index (κ2) is 8.54. The molecule has 0 aliphatic carbocycles. The Morgan fingerprint density at radius 3 is 2.57 bits per heavy atom. The molecule has 2 aromatic carbocycles. The summed E-state index contributed by atoms with van der Waals surface area (Å²) in [6, 6.07) is 8.77. The minimum absolute atomic E-state index is 0.0563. The SMILES string of the molecule is C=C(CC)C(=O)c1ccc(OCc2nc(-c3ccc(F)cc3)no2)c(Cl)c1Cl. The van der Waals surface area contributed by atoms with Crippen LogP contribution >= 0.6 is 23.2 Å². The highest BCUT2D eigenvalue weighted by atomic mass is 35.5. The van der Waals surface area contributed by atoms with Gasteiger partial charge in [-0.05, 0) is 48.4 Å². The second-order valence-electron chi connectivity index (χ2n) is 5.83. The van der Waals surface area contributed by atoms with Crippen LogP contribution in [0.5, 0.6) is 5.75 Å². The number of allylic oxidation sites excluding steroid dienone is 1. The van der Waals surface area contributed by atoms with Crippen LogP contribution in [0.25, 0.3) is 11.4 Å². The summed E-state index contributed by atoms with van der Waals surface area (Å²) in [5.74, 6) is 0.160. The third-order valence-corrected chi connectivity index (χ3v) is 4.83. The Labute approximate surface area is 170 Å². The van der Waals surface area contributed by atoms with E-state index in [0.717, 1.165) is 0 Å². The van der Waals surface area contributed by atoms with Gasteiger partial charge >= 0.3 is 0 Å². The number of rotatable bonds is 7. The number of carbonyl (C=O) groups excluding carboxylic acids is 1. The summed E-state index contributed by atoms with van der Waals surface area (Å²) < 4.78 is 23.7. The average molecular weight is 421 g/mol. The summed E-state index contributed by atoms with van der Waals surface area (Å²) in [6.45, 7) is 5.49. The Morgan fingerprint density at radius 1 is 1.18 bits per heavy atom. The first-order valence-electron chi connectivity index (χ1n) is 8.32. The summed E-state index contributed by atoms with van der Waals surface area (Å²) >= 11 is 12.4. The normalized spacial score (nSPS) is 10.7. The number of halogens is 3. The monoisotopic (exact) mass is 420 g/mol. The molecule has 0 unspecified atom stereocenters. The van der Waals surface area contributed by atoms with Gasteiger partial charge in [0.1, 0.15) is 16.6 Å². The van der Waals surface area contributed by atoms with Gasteiger partial charge < -0.3 is 9.26 Å². The van der Waals surface area contributed by atoms with Crippen molar-refractivity contribution in [1.29, 1.82) is 0 Å². The van der Waals surface area contributed by atoms with E-state index < -0.39 is 0 Å². The van der Waals surface area contributed by atoms with Crippen molar-refractivity contribution in [3.05, 3.63) is 75.9 Å². The number of hydrogen-bond donors (Lipinski definition) is 0. The van der Waals surface area contributed by atoms with E-state index >= 15 is 0 Å². The van der Waals surface area contributed by atoms with Crippen molar-refractivity contribution in [2.75, 3.05) is 0 Å². The summed E-state index contributed by atoms with van der Waals surface area (Å²) in [6.07, 6.45) is 0.512. The predicted octanol–water partition coefficient (Wildman–Crippen LogP) is 5.91. The Bertz CT molecular complexity index is 1030. The zero-order valence-corrected chi connectivity index (χ0v) is 16.4. The molecule has 0 saturated carbocycles. The number of hydrogen-bond acceptors (Lipinski definition) is 5. The van der Waals surface area contributed by atoms with Crippen LogP contribution in [-0.4, -0.2) is 15.9 Å². The molecule has 144 valence electrons. The fraction of sp³-hybridized carbons (Fsp3) is 0.150. The van der Waals surface area contributed by atoms with Crippen molar-refractivity contribution < 1.29 is 18.4 Å². The fourth-order valence-corrected chi connectivity index (χ4v) is 2.80. The van der Waals surface area contributed by atoms with E-state index in [-0.39, 0.29) is 45.5 Å². The van der Waals surface area contributed by atoms with Crippen molar-refractivity contribution in [2.24, 2.45) is 0 Å².